The van der Waals surface area contributed by atoms with Crippen molar-refractivity contribution in [1.29, 1.82) is 5.26 Å². The van der Waals surface area contributed by atoms with Crippen molar-refractivity contribution in [2.45, 2.75) is 52.4 Å². The lowest BCUT2D eigenvalue weighted by molar-refractivity contribution is -0.118. The van der Waals surface area contributed by atoms with Gasteiger partial charge in [-0.1, -0.05) is 19.4 Å². The number of ketones is 1. The molecule has 126 valence electrons. The van der Waals surface area contributed by atoms with E-state index >= 15 is 0 Å². The van der Waals surface area contributed by atoms with Crippen molar-refractivity contribution in [2.24, 2.45) is 58.2 Å². The van der Waals surface area contributed by atoms with E-state index in [4.69, 9.17) is 0 Å². The van der Waals surface area contributed by atoms with Crippen LogP contribution < -0.4 is 0 Å². The second-order valence-electron chi connectivity index (χ2n) is 10.4. The second kappa shape index (κ2) is 4.00. The maximum absolute atomic E-state index is 12.0. The molecule has 2 unspecified atom stereocenters. The van der Waals surface area contributed by atoms with Crippen LogP contribution in [0.5, 0.6) is 0 Å². The maximum atomic E-state index is 12.0. The Morgan fingerprint density at radius 1 is 1.17 bits per heavy atom. The molecule has 0 aromatic heterocycles. The number of carbonyl (C=O) groups excluding carboxylic acids is 1. The average molecular weight is 321 g/mol. The summed E-state index contributed by atoms with van der Waals surface area (Å²) in [5.74, 6) is 6.24. The summed E-state index contributed by atoms with van der Waals surface area (Å²) in [6, 6.07) is 2.73. The third-order valence-electron chi connectivity index (χ3n) is 9.68. The predicted octanol–water partition coefficient (Wildman–Crippen LogP) is 4.37. The lowest BCUT2D eigenvalue weighted by Gasteiger charge is -2.58. The van der Waals surface area contributed by atoms with Gasteiger partial charge in [-0.05, 0) is 90.4 Å². The fourth-order valence-electron chi connectivity index (χ4n) is 8.59. The van der Waals surface area contributed by atoms with Gasteiger partial charge in [-0.2, -0.15) is 5.26 Å². The Morgan fingerprint density at radius 2 is 2.00 bits per heavy atom. The smallest absolute Gasteiger partial charge is 0.155 e. The molecule has 6 aliphatic rings. The minimum atomic E-state index is 0.284. The van der Waals surface area contributed by atoms with Crippen molar-refractivity contribution in [3.63, 3.8) is 0 Å². The van der Waals surface area contributed by atoms with E-state index in [1.165, 1.54) is 31.3 Å². The van der Waals surface area contributed by atoms with Crippen LogP contribution in [0.1, 0.15) is 52.4 Å². The minimum Gasteiger partial charge on any atom is -0.295 e. The SMILES string of the molecule is C[C@]12CCC(=O)C=C1[C@@H]1C[C@@H]1[C@H]1[C@@H]3[C@@H]4CC4C(C#N)[C@@]3(C)CC[C@@H]12. The Balaban J connectivity index is 1.45. The van der Waals surface area contributed by atoms with Crippen molar-refractivity contribution in [3.05, 3.63) is 11.6 Å². The lowest BCUT2D eigenvalue weighted by Crippen LogP contribution is -2.52. The van der Waals surface area contributed by atoms with Gasteiger partial charge in [0.1, 0.15) is 0 Å². The summed E-state index contributed by atoms with van der Waals surface area (Å²) in [4.78, 5) is 12.0. The first-order chi connectivity index (χ1) is 11.5. The molecule has 6 aliphatic carbocycles. The Hall–Kier alpha value is -1.10. The van der Waals surface area contributed by atoms with E-state index in [1.54, 1.807) is 0 Å². The van der Waals surface area contributed by atoms with Gasteiger partial charge in [0.2, 0.25) is 0 Å². The van der Waals surface area contributed by atoms with Crippen LogP contribution >= 0.6 is 0 Å². The van der Waals surface area contributed by atoms with Crippen LogP contribution in [0.25, 0.3) is 0 Å². The number of allylic oxidation sites excluding steroid dienone is 1. The highest BCUT2D eigenvalue weighted by Gasteiger charge is 2.74. The molecule has 0 amide bonds. The number of carbonyl (C=O) groups is 1. The highest BCUT2D eigenvalue weighted by atomic mass is 16.1. The average Bonchev–Trinajstić information content (AvgIpc) is 3.44. The number of rotatable bonds is 0. The molecule has 0 heterocycles. The van der Waals surface area contributed by atoms with Gasteiger partial charge in [-0.3, -0.25) is 4.79 Å². The number of hydrogen-bond donors (Lipinski definition) is 0. The van der Waals surface area contributed by atoms with Crippen molar-refractivity contribution in [2.75, 3.05) is 0 Å². The molecule has 0 bridgehead atoms. The molecule has 0 N–H and O–H groups in total. The van der Waals surface area contributed by atoms with Gasteiger partial charge >= 0.3 is 0 Å². The van der Waals surface area contributed by atoms with Crippen molar-refractivity contribution < 1.29 is 4.79 Å². The molecular weight excluding hydrogens is 294 g/mol. The number of nitriles is 1. The Kier molecular flexibility index (Phi) is 2.35. The standard InChI is InChI=1S/C22H27NO/c1-21-5-3-11(24)7-17(21)12-8-14(12)19-16(21)4-6-22(2)18(10-23)13-9-15(13)20(19)22/h7,12-16,18-20H,3-6,8-9H2,1-2H3/t12-,13?,14+,15-,16+,18?,19-,20+,21-,22-/m1/s1. The molecule has 0 spiro atoms. The molecule has 10 atom stereocenters. The third kappa shape index (κ3) is 1.40. The molecule has 5 fully saturated rings. The molecule has 2 heteroatoms. The van der Waals surface area contributed by atoms with Gasteiger partial charge in [0.05, 0.1) is 12.0 Å². The Morgan fingerprint density at radius 3 is 2.79 bits per heavy atom. The van der Waals surface area contributed by atoms with E-state index < -0.39 is 0 Å². The zero-order valence-electron chi connectivity index (χ0n) is 14.8. The summed E-state index contributed by atoms with van der Waals surface area (Å²) in [6.07, 6.45) is 9.11. The summed E-state index contributed by atoms with van der Waals surface area (Å²) in [5, 5.41) is 9.81. The molecule has 6 rings (SSSR count). The van der Waals surface area contributed by atoms with E-state index in [-0.39, 0.29) is 5.41 Å². The number of nitrogens with zero attached hydrogens (tertiary/aromatic N) is 1. The summed E-state index contributed by atoms with van der Waals surface area (Å²) >= 11 is 0. The minimum absolute atomic E-state index is 0.284. The first-order valence-electron chi connectivity index (χ1n) is 10.1. The van der Waals surface area contributed by atoms with Crippen molar-refractivity contribution in [1.82, 2.24) is 0 Å². The molecule has 0 aliphatic heterocycles. The highest BCUT2D eigenvalue weighted by Crippen LogP contribution is 2.79. The fourth-order valence-corrected chi connectivity index (χ4v) is 8.59. The van der Waals surface area contributed by atoms with Gasteiger partial charge in [-0.15, -0.1) is 0 Å². The normalized spacial score (nSPS) is 62.2. The summed E-state index contributed by atoms with van der Waals surface area (Å²) in [6.45, 7) is 4.95. The highest BCUT2D eigenvalue weighted by molar-refractivity contribution is 5.92. The van der Waals surface area contributed by atoms with Gasteiger partial charge in [0.25, 0.3) is 0 Å². The summed E-state index contributed by atoms with van der Waals surface area (Å²) in [5.41, 5.74) is 2.11. The quantitative estimate of drug-likeness (QED) is 0.665. The monoisotopic (exact) mass is 321 g/mol. The fraction of sp³-hybridized carbons (Fsp3) is 0.818. The van der Waals surface area contributed by atoms with Crippen LogP contribution in [-0.4, -0.2) is 5.78 Å². The van der Waals surface area contributed by atoms with Gasteiger partial charge < -0.3 is 0 Å². The van der Waals surface area contributed by atoms with E-state index in [2.05, 4.69) is 26.0 Å². The summed E-state index contributed by atoms with van der Waals surface area (Å²) in [7, 11) is 0. The van der Waals surface area contributed by atoms with Crippen LogP contribution in [0, 0.1) is 69.5 Å². The van der Waals surface area contributed by atoms with Crippen LogP contribution in [0.2, 0.25) is 0 Å². The van der Waals surface area contributed by atoms with Gasteiger partial charge in [-0.25, -0.2) is 0 Å². The Labute approximate surface area is 144 Å². The van der Waals surface area contributed by atoms with Crippen molar-refractivity contribution in [3.8, 4) is 6.07 Å². The van der Waals surface area contributed by atoms with E-state index in [0.29, 0.717) is 23.0 Å². The number of hydrogen-bond acceptors (Lipinski definition) is 2. The zero-order valence-corrected chi connectivity index (χ0v) is 14.8. The van der Waals surface area contributed by atoms with Crippen LogP contribution in [-0.2, 0) is 4.79 Å². The van der Waals surface area contributed by atoms with Crippen LogP contribution in [0.3, 0.4) is 0 Å². The van der Waals surface area contributed by atoms with Crippen LogP contribution in [0.4, 0.5) is 0 Å². The molecule has 2 nitrogen and oxygen atoms in total. The maximum Gasteiger partial charge on any atom is 0.155 e. The summed E-state index contributed by atoms with van der Waals surface area (Å²) < 4.78 is 0. The Bertz CT molecular complexity index is 731. The lowest BCUT2D eigenvalue weighted by atomic mass is 9.46. The van der Waals surface area contributed by atoms with E-state index in [1.807, 2.05) is 0 Å². The molecule has 0 aromatic rings. The second-order valence-corrected chi connectivity index (χ2v) is 10.4. The first-order valence-corrected chi connectivity index (χ1v) is 10.1. The topological polar surface area (TPSA) is 40.9 Å². The third-order valence-corrected chi connectivity index (χ3v) is 9.68. The molecule has 0 aromatic carbocycles. The first kappa shape index (κ1) is 14.1. The molecule has 24 heavy (non-hydrogen) atoms. The molecule has 0 saturated heterocycles. The zero-order chi connectivity index (χ0) is 16.4. The molecule has 5 saturated carbocycles. The van der Waals surface area contributed by atoms with Gasteiger partial charge in [0.15, 0.2) is 5.78 Å². The van der Waals surface area contributed by atoms with E-state index in [0.717, 1.165) is 48.3 Å². The number of fused-ring (bicyclic) bond motifs is 10. The largest absolute Gasteiger partial charge is 0.295 e. The van der Waals surface area contributed by atoms with Crippen LogP contribution in [0.15, 0.2) is 11.6 Å². The van der Waals surface area contributed by atoms with Crippen molar-refractivity contribution >= 4 is 5.78 Å². The molecule has 0 radical (unpaired) electrons. The predicted molar refractivity (Wildman–Crippen MR) is 90.5 cm³/mol. The van der Waals surface area contributed by atoms with Gasteiger partial charge in [0, 0.05) is 6.42 Å². The molecular formula is C22H27NO. The van der Waals surface area contributed by atoms with E-state index in [9.17, 15) is 10.1 Å².